The van der Waals surface area contributed by atoms with Gasteiger partial charge in [-0.1, -0.05) is 19.4 Å². The summed E-state index contributed by atoms with van der Waals surface area (Å²) in [6, 6.07) is 6.03. The maximum absolute atomic E-state index is 9.55. The fourth-order valence-electron chi connectivity index (χ4n) is 1.53. The van der Waals surface area contributed by atoms with E-state index in [0.717, 1.165) is 37.1 Å². The van der Waals surface area contributed by atoms with Crippen LogP contribution in [0.2, 0.25) is 0 Å². The minimum atomic E-state index is -0.165. The van der Waals surface area contributed by atoms with Gasteiger partial charge in [0, 0.05) is 11.4 Å². The zero-order valence-electron chi connectivity index (χ0n) is 9.03. The van der Waals surface area contributed by atoms with Crippen molar-refractivity contribution >= 4 is 0 Å². The second-order valence-corrected chi connectivity index (χ2v) is 3.75. The molecule has 2 heteroatoms. The number of aliphatic hydroxyl groups is 1. The first-order valence-corrected chi connectivity index (χ1v) is 5.33. The third kappa shape index (κ3) is 3.88. The quantitative estimate of drug-likeness (QED) is 0.779. The van der Waals surface area contributed by atoms with Gasteiger partial charge < -0.3 is 5.11 Å². The Morgan fingerprint density at radius 3 is 2.79 bits per heavy atom. The molecule has 0 bridgehead atoms. The molecule has 0 aromatic carbocycles. The van der Waals surface area contributed by atoms with Crippen molar-refractivity contribution < 1.29 is 5.11 Å². The normalized spacial score (nSPS) is 12.8. The fourth-order valence-corrected chi connectivity index (χ4v) is 1.53. The summed E-state index contributed by atoms with van der Waals surface area (Å²) in [7, 11) is 0. The van der Waals surface area contributed by atoms with Gasteiger partial charge in [-0.05, 0) is 38.3 Å². The predicted octanol–water partition coefficient (Wildman–Crippen LogP) is 2.48. The van der Waals surface area contributed by atoms with Crippen LogP contribution in [0.3, 0.4) is 0 Å². The molecular weight excluding hydrogens is 174 g/mol. The maximum Gasteiger partial charge on any atom is 0.0543 e. The van der Waals surface area contributed by atoms with Crippen molar-refractivity contribution in [3.05, 3.63) is 29.6 Å². The van der Waals surface area contributed by atoms with E-state index in [2.05, 4.69) is 11.9 Å². The summed E-state index contributed by atoms with van der Waals surface area (Å²) < 4.78 is 0. The molecule has 0 saturated heterocycles. The van der Waals surface area contributed by atoms with E-state index in [4.69, 9.17) is 0 Å². The molecule has 0 saturated carbocycles. The van der Waals surface area contributed by atoms with Crippen molar-refractivity contribution in [1.82, 2.24) is 4.98 Å². The highest BCUT2D eigenvalue weighted by Gasteiger charge is 2.03. The van der Waals surface area contributed by atoms with Gasteiger partial charge in [-0.15, -0.1) is 0 Å². The van der Waals surface area contributed by atoms with Gasteiger partial charge in [0.25, 0.3) is 0 Å². The van der Waals surface area contributed by atoms with E-state index >= 15 is 0 Å². The summed E-state index contributed by atoms with van der Waals surface area (Å²) in [6.45, 7) is 4.08. The van der Waals surface area contributed by atoms with Gasteiger partial charge in [0.1, 0.15) is 0 Å². The Labute approximate surface area is 86.0 Å². The van der Waals surface area contributed by atoms with Crippen LogP contribution in [-0.2, 0) is 6.42 Å². The zero-order valence-corrected chi connectivity index (χ0v) is 9.03. The van der Waals surface area contributed by atoms with Gasteiger partial charge in [-0.2, -0.15) is 0 Å². The van der Waals surface area contributed by atoms with E-state index < -0.39 is 0 Å². The number of pyridine rings is 1. The minimum absolute atomic E-state index is 0.165. The Morgan fingerprint density at radius 1 is 1.36 bits per heavy atom. The molecule has 0 spiro atoms. The minimum Gasteiger partial charge on any atom is -0.393 e. The number of hydrogen-bond acceptors (Lipinski definition) is 2. The Hall–Kier alpha value is -0.890. The average molecular weight is 193 g/mol. The van der Waals surface area contributed by atoms with Gasteiger partial charge in [0.2, 0.25) is 0 Å². The molecule has 1 aromatic heterocycles. The number of aryl methyl sites for hydroxylation is 2. The van der Waals surface area contributed by atoms with Gasteiger partial charge >= 0.3 is 0 Å². The number of rotatable bonds is 5. The zero-order chi connectivity index (χ0) is 10.4. The number of hydrogen-bond donors (Lipinski definition) is 1. The van der Waals surface area contributed by atoms with E-state index in [9.17, 15) is 5.11 Å². The first-order chi connectivity index (χ1) is 6.72. The molecule has 0 aliphatic rings. The second kappa shape index (κ2) is 5.76. The van der Waals surface area contributed by atoms with E-state index in [-0.39, 0.29) is 6.10 Å². The molecule has 1 rings (SSSR count). The first-order valence-electron chi connectivity index (χ1n) is 5.33. The molecule has 1 N–H and O–H groups in total. The largest absolute Gasteiger partial charge is 0.393 e. The predicted molar refractivity (Wildman–Crippen MR) is 58.2 cm³/mol. The molecule has 0 fully saturated rings. The highest BCUT2D eigenvalue weighted by atomic mass is 16.3. The lowest BCUT2D eigenvalue weighted by Gasteiger charge is -2.08. The molecule has 14 heavy (non-hydrogen) atoms. The number of aromatic nitrogens is 1. The van der Waals surface area contributed by atoms with Crippen LogP contribution in [-0.4, -0.2) is 16.2 Å². The van der Waals surface area contributed by atoms with E-state index in [0.29, 0.717) is 0 Å². The molecule has 0 radical (unpaired) electrons. The Bertz CT molecular complexity index is 273. The van der Waals surface area contributed by atoms with Gasteiger partial charge in [-0.3, -0.25) is 4.98 Å². The van der Waals surface area contributed by atoms with Crippen molar-refractivity contribution in [2.75, 3.05) is 0 Å². The third-order valence-corrected chi connectivity index (χ3v) is 2.30. The van der Waals surface area contributed by atoms with Crippen LogP contribution in [0.15, 0.2) is 18.2 Å². The lowest BCUT2D eigenvalue weighted by Crippen LogP contribution is -2.07. The number of aliphatic hydroxyl groups excluding tert-OH is 1. The molecule has 0 amide bonds. The molecule has 1 heterocycles. The molecule has 0 aliphatic carbocycles. The summed E-state index contributed by atoms with van der Waals surface area (Å²) in [5, 5.41) is 9.55. The topological polar surface area (TPSA) is 33.1 Å². The van der Waals surface area contributed by atoms with Crippen LogP contribution in [0.4, 0.5) is 0 Å². The molecule has 0 aliphatic heterocycles. The monoisotopic (exact) mass is 193 g/mol. The standard InChI is InChI=1S/C12H19NO/c1-3-5-12(14)9-8-11-7-4-6-10(2)13-11/h4,6-7,12,14H,3,5,8-9H2,1-2H3. The summed E-state index contributed by atoms with van der Waals surface area (Å²) in [4.78, 5) is 4.39. The van der Waals surface area contributed by atoms with E-state index in [1.807, 2.05) is 25.1 Å². The van der Waals surface area contributed by atoms with E-state index in [1.54, 1.807) is 0 Å². The van der Waals surface area contributed by atoms with Crippen LogP contribution >= 0.6 is 0 Å². The maximum atomic E-state index is 9.55. The van der Waals surface area contributed by atoms with Crippen LogP contribution < -0.4 is 0 Å². The Kier molecular flexibility index (Phi) is 4.60. The van der Waals surface area contributed by atoms with Gasteiger partial charge in [0.15, 0.2) is 0 Å². The fraction of sp³-hybridized carbons (Fsp3) is 0.583. The van der Waals surface area contributed by atoms with Crippen LogP contribution in [0.25, 0.3) is 0 Å². The van der Waals surface area contributed by atoms with Crippen molar-refractivity contribution in [2.45, 2.75) is 45.6 Å². The Balaban J connectivity index is 2.37. The van der Waals surface area contributed by atoms with Crippen LogP contribution in [0.5, 0.6) is 0 Å². The summed E-state index contributed by atoms with van der Waals surface area (Å²) >= 11 is 0. The SMILES string of the molecule is CCCC(O)CCc1cccc(C)n1. The molecule has 78 valence electrons. The Morgan fingerprint density at radius 2 is 2.14 bits per heavy atom. The second-order valence-electron chi connectivity index (χ2n) is 3.75. The first kappa shape index (κ1) is 11.2. The summed E-state index contributed by atoms with van der Waals surface area (Å²) in [6.07, 6.45) is 3.48. The molecule has 1 atom stereocenters. The average Bonchev–Trinajstić information content (AvgIpc) is 2.15. The highest BCUT2D eigenvalue weighted by molar-refractivity contribution is 5.09. The number of nitrogens with zero attached hydrogens (tertiary/aromatic N) is 1. The molecule has 1 aromatic rings. The summed E-state index contributed by atoms with van der Waals surface area (Å²) in [5.74, 6) is 0. The van der Waals surface area contributed by atoms with Crippen molar-refractivity contribution in [3.63, 3.8) is 0 Å². The molecular formula is C12H19NO. The van der Waals surface area contributed by atoms with Crippen LogP contribution in [0.1, 0.15) is 37.6 Å². The lowest BCUT2D eigenvalue weighted by molar-refractivity contribution is 0.153. The highest BCUT2D eigenvalue weighted by Crippen LogP contribution is 2.07. The molecule has 1 unspecified atom stereocenters. The van der Waals surface area contributed by atoms with Crippen molar-refractivity contribution in [3.8, 4) is 0 Å². The van der Waals surface area contributed by atoms with Crippen LogP contribution in [0, 0.1) is 6.92 Å². The summed E-state index contributed by atoms with van der Waals surface area (Å²) in [5.41, 5.74) is 2.13. The lowest BCUT2D eigenvalue weighted by atomic mass is 10.1. The van der Waals surface area contributed by atoms with E-state index in [1.165, 1.54) is 0 Å². The van der Waals surface area contributed by atoms with Crippen molar-refractivity contribution in [1.29, 1.82) is 0 Å². The third-order valence-electron chi connectivity index (χ3n) is 2.30. The van der Waals surface area contributed by atoms with Crippen molar-refractivity contribution in [2.24, 2.45) is 0 Å². The smallest absolute Gasteiger partial charge is 0.0543 e. The van der Waals surface area contributed by atoms with Gasteiger partial charge in [-0.25, -0.2) is 0 Å². The van der Waals surface area contributed by atoms with Gasteiger partial charge in [0.05, 0.1) is 6.10 Å². The molecule has 2 nitrogen and oxygen atoms in total.